The Balaban J connectivity index is 1.65. The molecule has 0 spiro atoms. The van der Waals surface area contributed by atoms with Crippen molar-refractivity contribution >= 4 is 17.5 Å². The summed E-state index contributed by atoms with van der Waals surface area (Å²) in [5.41, 5.74) is 5.46. The number of carbonyl (C=O) groups excluding carboxylic acids is 2. The van der Waals surface area contributed by atoms with Crippen LogP contribution < -0.4 is 14.8 Å². The van der Waals surface area contributed by atoms with Gasteiger partial charge >= 0.3 is 0 Å². The zero-order valence-corrected chi connectivity index (χ0v) is 19.3. The van der Waals surface area contributed by atoms with Gasteiger partial charge in [0.2, 0.25) is 5.91 Å². The number of aryl methyl sites for hydroxylation is 2. The van der Waals surface area contributed by atoms with Gasteiger partial charge in [0.05, 0.1) is 26.7 Å². The third-order valence-corrected chi connectivity index (χ3v) is 6.19. The Labute approximate surface area is 194 Å². The zero-order valence-electron chi connectivity index (χ0n) is 19.3. The first-order valence-electron chi connectivity index (χ1n) is 10.9. The molecule has 1 aliphatic rings. The van der Waals surface area contributed by atoms with Crippen LogP contribution in [-0.2, 0) is 11.3 Å². The summed E-state index contributed by atoms with van der Waals surface area (Å²) in [5.74, 6) is 0.903. The number of anilines is 1. The molecule has 4 rings (SSSR count). The van der Waals surface area contributed by atoms with Crippen molar-refractivity contribution < 1.29 is 19.1 Å². The molecule has 0 bridgehead atoms. The quantitative estimate of drug-likeness (QED) is 0.554. The van der Waals surface area contributed by atoms with Crippen LogP contribution in [-0.4, -0.2) is 30.9 Å². The lowest BCUT2D eigenvalue weighted by molar-refractivity contribution is -0.117. The fraction of sp³-hybridized carbons (Fsp3) is 0.259. The van der Waals surface area contributed by atoms with Gasteiger partial charge in [-0.1, -0.05) is 30.3 Å². The number of ether oxygens (including phenoxy) is 2. The highest BCUT2D eigenvalue weighted by Gasteiger charge is 2.34. The summed E-state index contributed by atoms with van der Waals surface area (Å²) < 4.78 is 10.8. The molecule has 3 aromatic rings. The van der Waals surface area contributed by atoms with E-state index in [1.807, 2.05) is 68.4 Å². The topological polar surface area (TPSA) is 67.9 Å². The van der Waals surface area contributed by atoms with Crippen LogP contribution in [0.3, 0.4) is 0 Å². The van der Waals surface area contributed by atoms with E-state index in [2.05, 4.69) is 5.32 Å². The Morgan fingerprint density at radius 1 is 0.970 bits per heavy atom. The van der Waals surface area contributed by atoms with Gasteiger partial charge in [0.15, 0.2) is 11.5 Å². The molecule has 0 saturated heterocycles. The van der Waals surface area contributed by atoms with E-state index in [1.54, 1.807) is 25.2 Å². The maximum atomic E-state index is 13.2. The van der Waals surface area contributed by atoms with E-state index in [-0.39, 0.29) is 18.2 Å². The molecular formula is C27H28N2O4. The van der Waals surface area contributed by atoms with E-state index < -0.39 is 6.04 Å². The second-order valence-corrected chi connectivity index (χ2v) is 8.27. The monoisotopic (exact) mass is 444 g/mol. The number of hydrogen-bond acceptors (Lipinski definition) is 4. The van der Waals surface area contributed by atoms with Crippen molar-refractivity contribution in [3.8, 4) is 11.5 Å². The summed E-state index contributed by atoms with van der Waals surface area (Å²) >= 11 is 0. The van der Waals surface area contributed by atoms with E-state index in [0.29, 0.717) is 23.6 Å². The normalized spacial score (nSPS) is 13.5. The van der Waals surface area contributed by atoms with Crippen LogP contribution in [0.4, 0.5) is 5.69 Å². The first-order valence-corrected chi connectivity index (χ1v) is 10.9. The lowest BCUT2D eigenvalue weighted by Gasteiger charge is -2.28. The zero-order chi connectivity index (χ0) is 23.5. The van der Waals surface area contributed by atoms with Crippen LogP contribution in [0.25, 0.3) is 0 Å². The summed E-state index contributed by atoms with van der Waals surface area (Å²) in [7, 11) is 3.15. The molecule has 1 aliphatic heterocycles. The van der Waals surface area contributed by atoms with Crippen LogP contribution >= 0.6 is 0 Å². The molecule has 1 atom stereocenters. The van der Waals surface area contributed by atoms with E-state index in [9.17, 15) is 9.59 Å². The van der Waals surface area contributed by atoms with Gasteiger partial charge in [0.1, 0.15) is 0 Å². The fourth-order valence-corrected chi connectivity index (χ4v) is 4.20. The molecular weight excluding hydrogens is 416 g/mol. The number of benzene rings is 3. The second-order valence-electron chi connectivity index (χ2n) is 8.27. The molecule has 33 heavy (non-hydrogen) atoms. The number of nitrogens with one attached hydrogen (secondary N) is 1. The van der Waals surface area contributed by atoms with Crippen LogP contribution in [0.5, 0.6) is 11.5 Å². The van der Waals surface area contributed by atoms with Crippen molar-refractivity contribution in [2.45, 2.75) is 32.9 Å². The van der Waals surface area contributed by atoms with Crippen molar-refractivity contribution in [3.05, 3.63) is 88.5 Å². The fourth-order valence-electron chi connectivity index (χ4n) is 4.20. The molecule has 0 fully saturated rings. The highest BCUT2D eigenvalue weighted by atomic mass is 16.5. The van der Waals surface area contributed by atoms with Gasteiger partial charge in [0, 0.05) is 17.8 Å². The first kappa shape index (κ1) is 22.4. The van der Waals surface area contributed by atoms with Crippen molar-refractivity contribution in [2.24, 2.45) is 0 Å². The summed E-state index contributed by atoms with van der Waals surface area (Å²) in [4.78, 5) is 28.1. The smallest absolute Gasteiger partial charge is 0.255 e. The third kappa shape index (κ3) is 4.55. The Morgan fingerprint density at radius 2 is 1.73 bits per heavy atom. The van der Waals surface area contributed by atoms with Crippen molar-refractivity contribution in [1.29, 1.82) is 0 Å². The summed E-state index contributed by atoms with van der Waals surface area (Å²) in [5, 5.41) is 2.99. The third-order valence-electron chi connectivity index (χ3n) is 6.19. The maximum absolute atomic E-state index is 13.2. The standard InChI is InChI=1S/C27H28N2O4/c1-17-9-11-21(13-18(17)2)28-26(30)15-23(19-10-12-24(32-3)25(14-19)33-4)29-16-20-7-5-6-8-22(20)27(29)31/h5-14,23H,15-16H2,1-4H3,(H,28,30). The van der Waals surface area contributed by atoms with Crippen molar-refractivity contribution in [2.75, 3.05) is 19.5 Å². The predicted molar refractivity (Wildman–Crippen MR) is 128 cm³/mol. The summed E-state index contributed by atoms with van der Waals surface area (Å²) in [6.45, 7) is 4.49. The maximum Gasteiger partial charge on any atom is 0.255 e. The molecule has 0 saturated carbocycles. The molecule has 0 radical (unpaired) electrons. The van der Waals surface area contributed by atoms with E-state index in [0.717, 1.165) is 27.9 Å². The number of carbonyl (C=O) groups is 2. The summed E-state index contributed by atoms with van der Waals surface area (Å²) in [6, 6.07) is 18.5. The molecule has 1 unspecified atom stereocenters. The van der Waals surface area contributed by atoms with E-state index >= 15 is 0 Å². The average molecular weight is 445 g/mol. The number of fused-ring (bicyclic) bond motifs is 1. The first-order chi connectivity index (χ1) is 15.9. The van der Waals surface area contributed by atoms with E-state index in [4.69, 9.17) is 9.47 Å². The van der Waals surface area contributed by atoms with Gasteiger partial charge in [-0.15, -0.1) is 0 Å². The van der Waals surface area contributed by atoms with Gasteiger partial charge in [-0.3, -0.25) is 9.59 Å². The number of rotatable bonds is 7. The van der Waals surface area contributed by atoms with Gasteiger partial charge in [-0.25, -0.2) is 0 Å². The van der Waals surface area contributed by atoms with Gasteiger partial charge < -0.3 is 19.7 Å². The van der Waals surface area contributed by atoms with Crippen LogP contribution in [0.2, 0.25) is 0 Å². The molecule has 3 aromatic carbocycles. The minimum absolute atomic E-state index is 0.0793. The molecule has 6 heteroatoms. The van der Waals surface area contributed by atoms with E-state index in [1.165, 1.54) is 0 Å². The molecule has 1 N–H and O–H groups in total. The van der Waals surface area contributed by atoms with Gasteiger partial charge in [-0.2, -0.15) is 0 Å². The van der Waals surface area contributed by atoms with Crippen LogP contribution in [0.15, 0.2) is 60.7 Å². The Morgan fingerprint density at radius 3 is 2.42 bits per heavy atom. The molecule has 0 aromatic heterocycles. The van der Waals surface area contributed by atoms with Gasteiger partial charge in [0.25, 0.3) is 5.91 Å². The predicted octanol–water partition coefficient (Wildman–Crippen LogP) is 5.05. The average Bonchev–Trinajstić information content (AvgIpc) is 3.15. The Hall–Kier alpha value is -3.80. The molecule has 1 heterocycles. The Kier molecular flexibility index (Phi) is 6.36. The lowest BCUT2D eigenvalue weighted by atomic mass is 10.0. The number of amides is 2. The Bertz CT molecular complexity index is 1200. The molecule has 2 amide bonds. The van der Waals surface area contributed by atoms with Gasteiger partial charge in [-0.05, 0) is 66.4 Å². The minimum atomic E-state index is -0.462. The highest BCUT2D eigenvalue weighted by molar-refractivity contribution is 5.99. The summed E-state index contributed by atoms with van der Waals surface area (Å²) in [6.07, 6.45) is 0.113. The van der Waals surface area contributed by atoms with Crippen LogP contribution in [0.1, 0.15) is 45.1 Å². The lowest BCUT2D eigenvalue weighted by Crippen LogP contribution is -2.32. The van der Waals surface area contributed by atoms with Crippen molar-refractivity contribution in [1.82, 2.24) is 4.90 Å². The van der Waals surface area contributed by atoms with Crippen molar-refractivity contribution in [3.63, 3.8) is 0 Å². The number of hydrogen-bond donors (Lipinski definition) is 1. The molecule has 0 aliphatic carbocycles. The number of methoxy groups -OCH3 is 2. The van der Waals surface area contributed by atoms with Crippen LogP contribution in [0, 0.1) is 13.8 Å². The largest absolute Gasteiger partial charge is 0.493 e. The minimum Gasteiger partial charge on any atom is -0.493 e. The highest BCUT2D eigenvalue weighted by Crippen LogP contribution is 2.37. The molecule has 6 nitrogen and oxygen atoms in total. The molecule has 170 valence electrons. The number of nitrogens with zero attached hydrogens (tertiary/aromatic N) is 1. The second kappa shape index (κ2) is 9.36. The SMILES string of the molecule is COc1ccc(C(CC(=O)Nc2ccc(C)c(C)c2)N2Cc3ccccc3C2=O)cc1OC.